The first kappa shape index (κ1) is 18.4. The van der Waals surface area contributed by atoms with Crippen LogP contribution in [-0.2, 0) is 9.53 Å². The Morgan fingerprint density at radius 1 is 1.18 bits per heavy atom. The van der Waals surface area contributed by atoms with Crippen molar-refractivity contribution in [3.63, 3.8) is 0 Å². The summed E-state index contributed by atoms with van der Waals surface area (Å²) in [6, 6.07) is 0. The zero-order chi connectivity index (χ0) is 19.7. The smallest absolute Gasteiger partial charge is 0.283 e. The summed E-state index contributed by atoms with van der Waals surface area (Å²) in [7, 11) is 1.43. The Morgan fingerprint density at radius 3 is 2.64 bits per heavy atom. The van der Waals surface area contributed by atoms with Crippen molar-refractivity contribution in [3.05, 3.63) is 45.5 Å². The van der Waals surface area contributed by atoms with Gasteiger partial charge in [0.2, 0.25) is 15.9 Å². The van der Waals surface area contributed by atoms with Gasteiger partial charge in [0.25, 0.3) is 5.56 Å². The molecule has 1 saturated heterocycles. The molecule has 8 nitrogen and oxygen atoms in total. The standard InChI is InChI=1S/C19H21N5O3S/c1-27-15-11-12(6-7-14(15)25)10-13-16(20)24-18(21-17(13)26)28-19(22-24)23-8-4-2-3-5-9-23/h6-7,10-11H,2-5,8-9,20H2,1H3. The molecule has 146 valence electrons. The van der Waals surface area contributed by atoms with Crippen LogP contribution in [0.2, 0.25) is 0 Å². The molecule has 0 spiro atoms. The average Bonchev–Trinajstić information content (AvgIpc) is 2.92. The molecule has 9 heteroatoms. The fourth-order valence-corrected chi connectivity index (χ4v) is 4.29. The summed E-state index contributed by atoms with van der Waals surface area (Å²) in [5.41, 5.74) is 6.71. The third kappa shape index (κ3) is 3.45. The summed E-state index contributed by atoms with van der Waals surface area (Å²) in [6.45, 7) is 1.90. The highest BCUT2D eigenvalue weighted by molar-refractivity contribution is 7.20. The van der Waals surface area contributed by atoms with Crippen LogP contribution >= 0.6 is 11.3 Å². The summed E-state index contributed by atoms with van der Waals surface area (Å²) in [5.74, 6) is 0.218. The molecule has 1 aliphatic carbocycles. The van der Waals surface area contributed by atoms with Crippen LogP contribution in [0.3, 0.4) is 0 Å². The van der Waals surface area contributed by atoms with Gasteiger partial charge >= 0.3 is 0 Å². The lowest BCUT2D eigenvalue weighted by molar-refractivity contribution is -0.114. The quantitative estimate of drug-likeness (QED) is 0.844. The van der Waals surface area contributed by atoms with Crippen LogP contribution in [0.15, 0.2) is 34.4 Å². The molecule has 4 rings (SSSR count). The number of nitrogen functional groups attached to an aromatic ring is 1. The van der Waals surface area contributed by atoms with Gasteiger partial charge in [-0.2, -0.15) is 9.50 Å². The van der Waals surface area contributed by atoms with Crippen molar-refractivity contribution in [2.75, 3.05) is 30.8 Å². The lowest BCUT2D eigenvalue weighted by Gasteiger charge is -2.17. The number of hydrogen-bond acceptors (Lipinski definition) is 8. The van der Waals surface area contributed by atoms with E-state index in [1.54, 1.807) is 18.2 Å². The van der Waals surface area contributed by atoms with Crippen LogP contribution in [0.4, 0.5) is 10.9 Å². The van der Waals surface area contributed by atoms with Crippen LogP contribution in [0.1, 0.15) is 31.2 Å². The number of hydrogen-bond donors (Lipinski definition) is 1. The highest BCUT2D eigenvalue weighted by Crippen LogP contribution is 2.27. The van der Waals surface area contributed by atoms with E-state index in [4.69, 9.17) is 10.5 Å². The molecule has 28 heavy (non-hydrogen) atoms. The first-order valence-corrected chi connectivity index (χ1v) is 10.0. The lowest BCUT2D eigenvalue weighted by Crippen LogP contribution is -2.24. The Kier molecular flexibility index (Phi) is 4.99. The van der Waals surface area contributed by atoms with E-state index in [1.807, 2.05) is 0 Å². The highest BCUT2D eigenvalue weighted by Gasteiger charge is 2.19. The molecule has 0 bridgehead atoms. The van der Waals surface area contributed by atoms with Crippen molar-refractivity contribution in [3.8, 4) is 0 Å². The minimum absolute atomic E-state index is 0.207. The second kappa shape index (κ2) is 7.59. The number of nitrogens with zero attached hydrogens (tertiary/aromatic N) is 4. The number of allylic oxidation sites excluding steroid dienone is 4. The molecule has 2 aromatic heterocycles. The van der Waals surface area contributed by atoms with Crippen molar-refractivity contribution < 1.29 is 9.53 Å². The number of ether oxygens (including phenoxy) is 1. The number of nitrogens with two attached hydrogens (primary N) is 1. The first-order valence-electron chi connectivity index (χ1n) is 9.21. The summed E-state index contributed by atoms with van der Waals surface area (Å²) in [6.07, 6.45) is 10.9. The normalized spacial score (nSPS) is 19.2. The van der Waals surface area contributed by atoms with Crippen LogP contribution in [0.25, 0.3) is 11.0 Å². The number of fused-ring (bicyclic) bond motifs is 1. The minimum atomic E-state index is -0.422. The minimum Gasteiger partial charge on any atom is -0.493 e. The maximum absolute atomic E-state index is 12.6. The number of methoxy groups -OCH3 is 1. The van der Waals surface area contributed by atoms with Gasteiger partial charge in [0.15, 0.2) is 5.76 Å². The molecular formula is C19H21N5O3S. The Bertz CT molecular complexity index is 1070. The van der Waals surface area contributed by atoms with E-state index in [1.165, 1.54) is 41.9 Å². The number of anilines is 2. The Balaban J connectivity index is 1.75. The van der Waals surface area contributed by atoms with Crippen LogP contribution in [0, 0.1) is 0 Å². The van der Waals surface area contributed by atoms with E-state index in [-0.39, 0.29) is 22.9 Å². The van der Waals surface area contributed by atoms with Gasteiger partial charge in [-0.05, 0) is 36.6 Å². The molecule has 2 N–H and O–H groups in total. The van der Waals surface area contributed by atoms with Gasteiger partial charge in [-0.25, -0.2) is 0 Å². The van der Waals surface area contributed by atoms with E-state index in [0.717, 1.165) is 31.1 Å². The molecule has 0 aromatic carbocycles. The molecule has 2 aromatic rings. The van der Waals surface area contributed by atoms with Gasteiger partial charge in [-0.3, -0.25) is 9.59 Å². The number of rotatable bonds is 3. The van der Waals surface area contributed by atoms with E-state index >= 15 is 0 Å². The van der Waals surface area contributed by atoms with Crippen molar-refractivity contribution >= 4 is 39.1 Å². The number of carbonyl (C=O) groups is 1. The maximum atomic E-state index is 12.6. The van der Waals surface area contributed by atoms with Gasteiger partial charge in [-0.1, -0.05) is 30.3 Å². The lowest BCUT2D eigenvalue weighted by atomic mass is 10.0. The van der Waals surface area contributed by atoms with Gasteiger partial charge < -0.3 is 15.4 Å². The van der Waals surface area contributed by atoms with Crippen LogP contribution < -0.4 is 16.2 Å². The predicted molar refractivity (Wildman–Crippen MR) is 109 cm³/mol. The highest BCUT2D eigenvalue weighted by atomic mass is 32.1. The maximum Gasteiger partial charge on any atom is 0.283 e. The van der Waals surface area contributed by atoms with Crippen molar-refractivity contribution in [1.29, 1.82) is 0 Å². The summed E-state index contributed by atoms with van der Waals surface area (Å²) in [5, 5.41) is 5.44. The Morgan fingerprint density at radius 2 is 1.93 bits per heavy atom. The number of ketones is 1. The van der Waals surface area contributed by atoms with E-state index in [0.29, 0.717) is 10.5 Å². The zero-order valence-electron chi connectivity index (χ0n) is 15.6. The monoisotopic (exact) mass is 399 g/mol. The molecule has 3 heterocycles. The fourth-order valence-electron chi connectivity index (χ4n) is 3.34. The first-order chi connectivity index (χ1) is 13.6. The molecule has 0 atom stereocenters. The fraction of sp³-hybridized carbons (Fsp3) is 0.368. The molecule has 0 radical (unpaired) electrons. The van der Waals surface area contributed by atoms with Gasteiger partial charge in [0.1, 0.15) is 5.82 Å². The Labute approximate surface area is 165 Å². The predicted octanol–water partition coefficient (Wildman–Crippen LogP) is 2.17. The second-order valence-electron chi connectivity index (χ2n) is 6.75. The SMILES string of the molecule is COC1=CC(=Cc2c(N)n3nc(N4CCCCCC4)sc3nc2=O)C=CC1=O. The molecular weight excluding hydrogens is 378 g/mol. The van der Waals surface area contributed by atoms with E-state index in [9.17, 15) is 9.59 Å². The van der Waals surface area contributed by atoms with Gasteiger partial charge in [0, 0.05) is 13.1 Å². The largest absolute Gasteiger partial charge is 0.493 e. The zero-order valence-corrected chi connectivity index (χ0v) is 16.4. The van der Waals surface area contributed by atoms with Gasteiger partial charge in [-0.15, -0.1) is 5.10 Å². The summed E-state index contributed by atoms with van der Waals surface area (Å²) in [4.78, 5) is 31.1. The van der Waals surface area contributed by atoms with Crippen molar-refractivity contribution in [2.45, 2.75) is 25.7 Å². The topological polar surface area (TPSA) is 103 Å². The molecule has 0 unspecified atom stereocenters. The third-order valence-corrected chi connectivity index (χ3v) is 5.83. The molecule has 0 saturated carbocycles. The molecule has 1 fully saturated rings. The summed E-state index contributed by atoms with van der Waals surface area (Å²) < 4.78 is 6.58. The van der Waals surface area contributed by atoms with Crippen LogP contribution in [-0.4, -0.2) is 40.6 Å². The number of aromatic nitrogens is 3. The summed E-state index contributed by atoms with van der Waals surface area (Å²) >= 11 is 1.38. The van der Waals surface area contributed by atoms with Gasteiger partial charge in [0.05, 0.1) is 12.7 Å². The molecule has 2 aliphatic rings. The van der Waals surface area contributed by atoms with Crippen molar-refractivity contribution in [1.82, 2.24) is 14.6 Å². The second-order valence-corrected chi connectivity index (χ2v) is 7.69. The molecule has 0 amide bonds. The van der Waals surface area contributed by atoms with Crippen LogP contribution in [0.5, 0.6) is 0 Å². The Hall–Kier alpha value is -2.94. The number of carbonyl (C=O) groups excluding carboxylic acids is 1. The third-order valence-electron chi connectivity index (χ3n) is 4.86. The van der Waals surface area contributed by atoms with E-state index in [2.05, 4.69) is 15.0 Å². The van der Waals surface area contributed by atoms with E-state index < -0.39 is 5.56 Å². The average molecular weight is 399 g/mol. The molecule has 1 aliphatic heterocycles. The van der Waals surface area contributed by atoms with Crippen molar-refractivity contribution in [2.24, 2.45) is 0 Å².